The third kappa shape index (κ3) is 0.954. The Hall–Kier alpha value is -0.590. The van der Waals surface area contributed by atoms with Gasteiger partial charge in [0.2, 0.25) is 0 Å². The van der Waals surface area contributed by atoms with Crippen LogP contribution < -0.4 is 0 Å². The second kappa shape index (κ2) is 2.72. The number of hydrogen-bond donors (Lipinski definition) is 0. The summed E-state index contributed by atoms with van der Waals surface area (Å²) in [6.07, 6.45) is 9.75. The largest absolute Gasteiger partial charge is 0.299 e. The van der Waals surface area contributed by atoms with E-state index in [1.165, 1.54) is 0 Å². The van der Waals surface area contributed by atoms with Gasteiger partial charge in [-0.25, -0.2) is 0 Å². The van der Waals surface area contributed by atoms with Gasteiger partial charge in [0, 0.05) is 11.8 Å². The number of rotatable bonds is 0. The van der Waals surface area contributed by atoms with E-state index >= 15 is 0 Å². The Morgan fingerprint density at radius 2 is 2.33 bits per heavy atom. The van der Waals surface area contributed by atoms with Crippen LogP contribution >= 0.6 is 0 Å². The smallest absolute Gasteiger partial charge is 0.139 e. The maximum absolute atomic E-state index is 11.7. The van der Waals surface area contributed by atoms with Crippen LogP contribution in [-0.4, -0.2) is 5.78 Å². The zero-order valence-electron chi connectivity index (χ0n) is 7.68. The standard InChI is InChI=1S/C11H16O/c1-9-5-2-3-7-11(9)8-4-6-10(11)12/h2,5,9H,3-4,6-8H2,1H3/t9-,11-/m1/s1. The molecule has 0 saturated heterocycles. The molecule has 2 atom stereocenters. The molecule has 0 N–H and O–H groups in total. The SMILES string of the molecule is C[C@@H]1C=CCC[C@@]12CCCC2=O. The molecular formula is C11H16O. The molecule has 0 aromatic heterocycles. The zero-order chi connectivity index (χ0) is 8.60. The summed E-state index contributed by atoms with van der Waals surface area (Å²) < 4.78 is 0. The molecule has 12 heavy (non-hydrogen) atoms. The second-order valence-electron chi connectivity index (χ2n) is 4.19. The molecule has 0 bridgehead atoms. The van der Waals surface area contributed by atoms with Crippen LogP contribution in [0.3, 0.4) is 0 Å². The van der Waals surface area contributed by atoms with Gasteiger partial charge in [0.25, 0.3) is 0 Å². The Kier molecular flexibility index (Phi) is 1.82. The first-order chi connectivity index (χ1) is 5.76. The van der Waals surface area contributed by atoms with E-state index in [1.807, 2.05) is 0 Å². The molecule has 1 nitrogen and oxygen atoms in total. The topological polar surface area (TPSA) is 17.1 Å². The molecule has 1 heteroatoms. The lowest BCUT2D eigenvalue weighted by molar-refractivity contribution is -0.128. The number of ketones is 1. The van der Waals surface area contributed by atoms with Crippen molar-refractivity contribution in [3.8, 4) is 0 Å². The van der Waals surface area contributed by atoms with E-state index in [0.717, 1.165) is 32.1 Å². The molecular weight excluding hydrogens is 148 g/mol. The monoisotopic (exact) mass is 164 g/mol. The van der Waals surface area contributed by atoms with E-state index in [0.29, 0.717) is 11.7 Å². The molecule has 0 aromatic carbocycles. The van der Waals surface area contributed by atoms with Gasteiger partial charge in [0.1, 0.15) is 5.78 Å². The normalized spacial score (nSPS) is 41.1. The molecule has 1 spiro atoms. The molecule has 0 amide bonds. The van der Waals surface area contributed by atoms with Crippen LogP contribution in [0.4, 0.5) is 0 Å². The summed E-state index contributed by atoms with van der Waals surface area (Å²) in [5.41, 5.74) is 0.0642. The Morgan fingerprint density at radius 1 is 1.50 bits per heavy atom. The molecule has 0 radical (unpaired) electrons. The fourth-order valence-electron chi connectivity index (χ4n) is 2.75. The number of allylic oxidation sites excluding steroid dienone is 2. The predicted molar refractivity (Wildman–Crippen MR) is 48.8 cm³/mol. The minimum absolute atomic E-state index is 0.0642. The molecule has 0 heterocycles. The molecule has 1 saturated carbocycles. The van der Waals surface area contributed by atoms with Crippen LogP contribution in [0.1, 0.15) is 39.0 Å². The van der Waals surface area contributed by atoms with Crippen molar-refractivity contribution in [1.29, 1.82) is 0 Å². The average molecular weight is 164 g/mol. The van der Waals surface area contributed by atoms with Gasteiger partial charge < -0.3 is 0 Å². The summed E-state index contributed by atoms with van der Waals surface area (Å²) in [7, 11) is 0. The fourth-order valence-corrected chi connectivity index (χ4v) is 2.75. The highest BCUT2D eigenvalue weighted by Gasteiger charge is 2.45. The van der Waals surface area contributed by atoms with Crippen molar-refractivity contribution in [3.05, 3.63) is 12.2 Å². The van der Waals surface area contributed by atoms with Crippen LogP contribution in [0.2, 0.25) is 0 Å². The third-order valence-corrected chi connectivity index (χ3v) is 3.64. The van der Waals surface area contributed by atoms with E-state index in [2.05, 4.69) is 19.1 Å². The first-order valence-electron chi connectivity index (χ1n) is 4.96. The molecule has 0 unspecified atom stereocenters. The average Bonchev–Trinajstić information content (AvgIpc) is 2.41. The quantitative estimate of drug-likeness (QED) is 0.503. The molecule has 0 aliphatic heterocycles. The minimum atomic E-state index is 0.0642. The maximum atomic E-state index is 11.7. The van der Waals surface area contributed by atoms with Crippen LogP contribution in [0.5, 0.6) is 0 Å². The summed E-state index contributed by atoms with van der Waals surface area (Å²) in [6.45, 7) is 2.19. The molecule has 2 rings (SSSR count). The van der Waals surface area contributed by atoms with Gasteiger partial charge in [-0.15, -0.1) is 0 Å². The van der Waals surface area contributed by atoms with Crippen molar-refractivity contribution in [2.45, 2.75) is 39.0 Å². The minimum Gasteiger partial charge on any atom is -0.299 e. The summed E-state index contributed by atoms with van der Waals surface area (Å²) in [5.74, 6) is 1.01. The van der Waals surface area contributed by atoms with E-state index in [9.17, 15) is 4.79 Å². The Balaban J connectivity index is 2.29. The van der Waals surface area contributed by atoms with Crippen molar-refractivity contribution in [2.75, 3.05) is 0 Å². The van der Waals surface area contributed by atoms with E-state index in [4.69, 9.17) is 0 Å². The number of hydrogen-bond acceptors (Lipinski definition) is 1. The first-order valence-corrected chi connectivity index (χ1v) is 4.96. The lowest BCUT2D eigenvalue weighted by Gasteiger charge is -2.34. The van der Waals surface area contributed by atoms with Crippen molar-refractivity contribution in [2.24, 2.45) is 11.3 Å². The number of carbonyl (C=O) groups excluding carboxylic acids is 1. The predicted octanol–water partition coefficient (Wildman–Crippen LogP) is 2.71. The summed E-state index contributed by atoms with van der Waals surface area (Å²) in [6, 6.07) is 0. The highest BCUT2D eigenvalue weighted by Crippen LogP contribution is 2.47. The van der Waals surface area contributed by atoms with Gasteiger partial charge in [-0.1, -0.05) is 19.1 Å². The van der Waals surface area contributed by atoms with E-state index < -0.39 is 0 Å². The Morgan fingerprint density at radius 3 is 2.92 bits per heavy atom. The highest BCUT2D eigenvalue weighted by molar-refractivity contribution is 5.87. The summed E-state index contributed by atoms with van der Waals surface area (Å²) in [5, 5.41) is 0. The molecule has 0 aromatic rings. The number of carbonyl (C=O) groups is 1. The molecule has 1 fully saturated rings. The van der Waals surface area contributed by atoms with Gasteiger partial charge >= 0.3 is 0 Å². The van der Waals surface area contributed by atoms with Crippen molar-refractivity contribution in [1.82, 2.24) is 0 Å². The lowest BCUT2D eigenvalue weighted by Crippen LogP contribution is -2.33. The highest BCUT2D eigenvalue weighted by atomic mass is 16.1. The molecule has 2 aliphatic carbocycles. The molecule has 2 aliphatic rings. The summed E-state index contributed by atoms with van der Waals surface area (Å²) in [4.78, 5) is 11.7. The Bertz CT molecular complexity index is 229. The second-order valence-corrected chi connectivity index (χ2v) is 4.19. The maximum Gasteiger partial charge on any atom is 0.139 e. The van der Waals surface area contributed by atoms with Gasteiger partial charge in [0.15, 0.2) is 0 Å². The van der Waals surface area contributed by atoms with Gasteiger partial charge in [-0.2, -0.15) is 0 Å². The van der Waals surface area contributed by atoms with Gasteiger partial charge in [-0.3, -0.25) is 4.79 Å². The summed E-state index contributed by atoms with van der Waals surface area (Å²) >= 11 is 0. The van der Waals surface area contributed by atoms with E-state index in [-0.39, 0.29) is 5.41 Å². The lowest BCUT2D eigenvalue weighted by atomic mass is 9.68. The van der Waals surface area contributed by atoms with Crippen LogP contribution in [0.25, 0.3) is 0 Å². The Labute approximate surface area is 73.8 Å². The van der Waals surface area contributed by atoms with Crippen molar-refractivity contribution in [3.63, 3.8) is 0 Å². The van der Waals surface area contributed by atoms with Crippen LogP contribution in [0, 0.1) is 11.3 Å². The molecule has 66 valence electrons. The van der Waals surface area contributed by atoms with Crippen LogP contribution in [0.15, 0.2) is 12.2 Å². The van der Waals surface area contributed by atoms with Gasteiger partial charge in [0.05, 0.1) is 0 Å². The first kappa shape index (κ1) is 8.03. The van der Waals surface area contributed by atoms with Gasteiger partial charge in [-0.05, 0) is 31.6 Å². The van der Waals surface area contributed by atoms with E-state index in [1.54, 1.807) is 0 Å². The fraction of sp³-hybridized carbons (Fsp3) is 0.727. The van der Waals surface area contributed by atoms with Crippen molar-refractivity contribution >= 4 is 5.78 Å². The third-order valence-electron chi connectivity index (χ3n) is 3.64. The number of Topliss-reactive ketones (excluding diaryl/α,β-unsaturated/α-hetero) is 1. The van der Waals surface area contributed by atoms with Crippen molar-refractivity contribution < 1.29 is 4.79 Å². The zero-order valence-corrected chi connectivity index (χ0v) is 7.68. The van der Waals surface area contributed by atoms with Crippen LogP contribution in [-0.2, 0) is 4.79 Å².